The van der Waals surface area contributed by atoms with Gasteiger partial charge in [-0.3, -0.25) is 4.79 Å². The van der Waals surface area contributed by atoms with E-state index in [9.17, 15) is 13.6 Å². The van der Waals surface area contributed by atoms with Crippen LogP contribution in [0.25, 0.3) is 0 Å². The zero-order chi connectivity index (χ0) is 14.5. The molecule has 1 heterocycles. The lowest BCUT2D eigenvalue weighted by molar-refractivity contribution is -0.116. The first-order valence-corrected chi connectivity index (χ1v) is 6.28. The first kappa shape index (κ1) is 14.4. The lowest BCUT2D eigenvalue weighted by atomic mass is 10.1. The molecule has 104 valence electrons. The van der Waals surface area contributed by atoms with Crippen LogP contribution in [-0.4, -0.2) is 10.9 Å². The topological polar surface area (TPSA) is 42.0 Å². The summed E-state index contributed by atoms with van der Waals surface area (Å²) in [6, 6.07) is 6.77. The summed E-state index contributed by atoms with van der Waals surface area (Å²) in [6.07, 6.45) is 1.89. The first-order valence-electron chi connectivity index (χ1n) is 5.90. The summed E-state index contributed by atoms with van der Waals surface area (Å²) in [6.45, 7) is 0. The molecule has 2 aromatic rings. The summed E-state index contributed by atoms with van der Waals surface area (Å²) in [5.74, 6) is -1.68. The molecule has 0 aliphatic rings. The van der Waals surface area contributed by atoms with Crippen molar-refractivity contribution in [1.82, 2.24) is 4.98 Å². The molecule has 0 atom stereocenters. The number of benzene rings is 1. The maximum absolute atomic E-state index is 13.0. The molecule has 2 rings (SSSR count). The van der Waals surface area contributed by atoms with Crippen molar-refractivity contribution in [2.75, 3.05) is 5.32 Å². The number of hydrogen-bond acceptors (Lipinski definition) is 2. The van der Waals surface area contributed by atoms with Gasteiger partial charge in [0.2, 0.25) is 5.91 Å². The van der Waals surface area contributed by atoms with Crippen LogP contribution in [-0.2, 0) is 11.2 Å². The summed E-state index contributed by atoms with van der Waals surface area (Å²) in [5.41, 5.74) is 0.558. The zero-order valence-corrected chi connectivity index (χ0v) is 11.1. The Kier molecular flexibility index (Phi) is 4.63. The molecule has 1 amide bonds. The molecule has 0 spiro atoms. The van der Waals surface area contributed by atoms with Crippen molar-refractivity contribution < 1.29 is 13.6 Å². The molecule has 0 fully saturated rings. The van der Waals surface area contributed by atoms with Gasteiger partial charge >= 0.3 is 0 Å². The Morgan fingerprint density at radius 1 is 1.20 bits per heavy atom. The van der Waals surface area contributed by atoms with Crippen molar-refractivity contribution in [2.24, 2.45) is 0 Å². The molecule has 20 heavy (non-hydrogen) atoms. The minimum atomic E-state index is -0.915. The van der Waals surface area contributed by atoms with E-state index in [0.717, 1.165) is 12.1 Å². The minimum absolute atomic E-state index is 0.148. The highest BCUT2D eigenvalue weighted by Crippen LogP contribution is 2.12. The Labute approximate surface area is 119 Å². The van der Waals surface area contributed by atoms with Crippen LogP contribution in [0, 0.1) is 11.6 Å². The van der Waals surface area contributed by atoms with Gasteiger partial charge in [0, 0.05) is 12.6 Å². The molecule has 3 nitrogen and oxygen atoms in total. The van der Waals surface area contributed by atoms with E-state index in [1.165, 1.54) is 12.3 Å². The van der Waals surface area contributed by atoms with E-state index in [0.29, 0.717) is 22.8 Å². The van der Waals surface area contributed by atoms with E-state index >= 15 is 0 Å². The van der Waals surface area contributed by atoms with Gasteiger partial charge in [-0.1, -0.05) is 17.7 Å². The van der Waals surface area contributed by atoms with E-state index in [4.69, 9.17) is 11.6 Å². The molecule has 0 bridgehead atoms. The number of pyridine rings is 1. The second-order valence-electron chi connectivity index (χ2n) is 4.16. The van der Waals surface area contributed by atoms with Crippen LogP contribution in [0.1, 0.15) is 12.0 Å². The zero-order valence-electron chi connectivity index (χ0n) is 10.4. The number of amides is 1. The standard InChI is InChI=1S/C14H11ClF2N2O/c15-10-3-5-13(18-8-10)19-14(20)6-2-9-1-4-11(16)12(17)7-9/h1,3-5,7-8H,2,6H2,(H,18,19,20). The summed E-state index contributed by atoms with van der Waals surface area (Å²) >= 11 is 5.68. The number of halogens is 3. The third kappa shape index (κ3) is 3.99. The van der Waals surface area contributed by atoms with Crippen LogP contribution in [0.3, 0.4) is 0 Å². The van der Waals surface area contributed by atoms with Crippen LogP contribution >= 0.6 is 11.6 Å². The van der Waals surface area contributed by atoms with Gasteiger partial charge in [0.1, 0.15) is 5.82 Å². The van der Waals surface area contributed by atoms with Gasteiger partial charge in [0.05, 0.1) is 5.02 Å². The van der Waals surface area contributed by atoms with Crippen molar-refractivity contribution in [1.29, 1.82) is 0 Å². The van der Waals surface area contributed by atoms with Crippen LogP contribution in [0.15, 0.2) is 36.5 Å². The number of aromatic nitrogens is 1. The van der Waals surface area contributed by atoms with Crippen molar-refractivity contribution in [3.63, 3.8) is 0 Å². The van der Waals surface area contributed by atoms with Crippen molar-refractivity contribution in [3.8, 4) is 0 Å². The lowest BCUT2D eigenvalue weighted by Gasteiger charge is -2.05. The number of nitrogens with one attached hydrogen (secondary N) is 1. The summed E-state index contributed by atoms with van der Waals surface area (Å²) in [7, 11) is 0. The fourth-order valence-corrected chi connectivity index (χ4v) is 1.72. The monoisotopic (exact) mass is 296 g/mol. The average Bonchev–Trinajstić information content (AvgIpc) is 2.43. The third-order valence-corrected chi connectivity index (χ3v) is 2.84. The van der Waals surface area contributed by atoms with E-state index < -0.39 is 11.6 Å². The Bertz CT molecular complexity index is 617. The molecule has 0 aliphatic carbocycles. The largest absolute Gasteiger partial charge is 0.311 e. The first-order chi connectivity index (χ1) is 9.54. The number of carbonyl (C=O) groups is 1. The number of carbonyl (C=O) groups excluding carboxylic acids is 1. The second-order valence-corrected chi connectivity index (χ2v) is 4.59. The van der Waals surface area contributed by atoms with Crippen LogP contribution in [0.2, 0.25) is 5.02 Å². The maximum Gasteiger partial charge on any atom is 0.225 e. The number of nitrogens with zero attached hydrogens (tertiary/aromatic N) is 1. The number of rotatable bonds is 4. The Morgan fingerprint density at radius 3 is 2.65 bits per heavy atom. The number of hydrogen-bond donors (Lipinski definition) is 1. The van der Waals surface area contributed by atoms with Crippen LogP contribution in [0.5, 0.6) is 0 Å². The highest BCUT2D eigenvalue weighted by Gasteiger charge is 2.06. The highest BCUT2D eigenvalue weighted by atomic mass is 35.5. The summed E-state index contributed by atoms with van der Waals surface area (Å²) < 4.78 is 25.7. The van der Waals surface area contributed by atoms with Crippen molar-refractivity contribution in [2.45, 2.75) is 12.8 Å². The van der Waals surface area contributed by atoms with Gasteiger partial charge in [0.15, 0.2) is 11.6 Å². The molecule has 0 aliphatic heterocycles. The minimum Gasteiger partial charge on any atom is -0.311 e. The Balaban J connectivity index is 1.88. The molecule has 0 saturated carbocycles. The fraction of sp³-hybridized carbons (Fsp3) is 0.143. The van der Waals surface area contributed by atoms with Crippen molar-refractivity contribution >= 4 is 23.3 Å². The Morgan fingerprint density at radius 2 is 2.00 bits per heavy atom. The molecule has 6 heteroatoms. The van der Waals surface area contributed by atoms with Crippen molar-refractivity contribution in [3.05, 3.63) is 58.7 Å². The van der Waals surface area contributed by atoms with Gasteiger partial charge in [0.25, 0.3) is 0 Å². The molecule has 1 N–H and O–H groups in total. The van der Waals surface area contributed by atoms with Gasteiger partial charge in [-0.25, -0.2) is 13.8 Å². The molecular weight excluding hydrogens is 286 g/mol. The lowest BCUT2D eigenvalue weighted by Crippen LogP contribution is -2.13. The SMILES string of the molecule is O=C(CCc1ccc(F)c(F)c1)Nc1ccc(Cl)cn1. The number of anilines is 1. The highest BCUT2D eigenvalue weighted by molar-refractivity contribution is 6.30. The van der Waals surface area contributed by atoms with Crippen LogP contribution < -0.4 is 5.32 Å². The number of aryl methyl sites for hydroxylation is 1. The van der Waals surface area contributed by atoms with Crippen LogP contribution in [0.4, 0.5) is 14.6 Å². The quantitative estimate of drug-likeness (QED) is 0.937. The molecular formula is C14H11ClF2N2O. The average molecular weight is 297 g/mol. The second kappa shape index (κ2) is 6.43. The molecule has 0 saturated heterocycles. The smallest absolute Gasteiger partial charge is 0.225 e. The molecule has 0 radical (unpaired) electrons. The van der Waals surface area contributed by atoms with E-state index in [2.05, 4.69) is 10.3 Å². The predicted molar refractivity (Wildman–Crippen MR) is 72.6 cm³/mol. The predicted octanol–water partition coefficient (Wildman–Crippen LogP) is 3.58. The van der Waals surface area contributed by atoms with E-state index in [-0.39, 0.29) is 12.3 Å². The van der Waals surface area contributed by atoms with Gasteiger partial charge in [-0.2, -0.15) is 0 Å². The Hall–Kier alpha value is -2.01. The maximum atomic E-state index is 13.0. The van der Waals surface area contributed by atoms with Gasteiger partial charge in [-0.15, -0.1) is 0 Å². The van der Waals surface area contributed by atoms with Gasteiger partial charge < -0.3 is 5.32 Å². The molecule has 1 aromatic heterocycles. The normalized spacial score (nSPS) is 10.3. The molecule has 0 unspecified atom stereocenters. The molecule has 1 aromatic carbocycles. The van der Waals surface area contributed by atoms with Gasteiger partial charge in [-0.05, 0) is 36.2 Å². The van der Waals surface area contributed by atoms with E-state index in [1.807, 2.05) is 0 Å². The van der Waals surface area contributed by atoms with E-state index in [1.54, 1.807) is 12.1 Å². The summed E-state index contributed by atoms with van der Waals surface area (Å²) in [4.78, 5) is 15.6. The third-order valence-electron chi connectivity index (χ3n) is 2.62. The fourth-order valence-electron chi connectivity index (χ4n) is 1.61. The summed E-state index contributed by atoms with van der Waals surface area (Å²) in [5, 5.41) is 3.07.